The highest BCUT2D eigenvalue weighted by Crippen LogP contribution is 2.40. The second kappa shape index (κ2) is 9.28. The van der Waals surface area contributed by atoms with Crippen LogP contribution in [-0.4, -0.2) is 35.9 Å². The van der Waals surface area contributed by atoms with Crippen LogP contribution in [-0.2, 0) is 10.5 Å². The maximum Gasteiger partial charge on any atom is 0.417 e. The summed E-state index contributed by atoms with van der Waals surface area (Å²) in [6.45, 7) is 3.20. The minimum absolute atomic E-state index is 0.0651. The van der Waals surface area contributed by atoms with Crippen LogP contribution < -0.4 is 0 Å². The lowest BCUT2D eigenvalue weighted by atomic mass is 9.86. The van der Waals surface area contributed by atoms with Gasteiger partial charge in [0.15, 0.2) is 11.5 Å². The van der Waals surface area contributed by atoms with E-state index in [9.17, 15) is 22.8 Å². The van der Waals surface area contributed by atoms with Crippen molar-refractivity contribution in [2.75, 3.05) is 13.1 Å². The van der Waals surface area contributed by atoms with E-state index in [0.717, 1.165) is 12.1 Å². The number of alkyl halides is 4. The van der Waals surface area contributed by atoms with Crippen LogP contribution >= 0.6 is 34.8 Å². The Hall–Kier alpha value is -2.09. The van der Waals surface area contributed by atoms with E-state index in [2.05, 4.69) is 0 Å². The van der Waals surface area contributed by atoms with Crippen LogP contribution in [0.4, 0.5) is 17.6 Å². The molecule has 3 rings (SSSR count). The lowest BCUT2D eigenvalue weighted by Gasteiger charge is -2.45. The standard InChI is InChI=1S/C23H18Cl3F4NO2/c1-12(2)21(33)31-10-22(27,11-31)15-5-3-13(4-6-15)19(32)9-16(23(28,29)30)14-7-17(24)20(26)18(25)8-14/h3-9,12H,10-11H2,1-2H3/b16-9-. The highest BCUT2D eigenvalue weighted by Gasteiger charge is 2.47. The molecule has 2 aromatic rings. The van der Waals surface area contributed by atoms with Crippen molar-refractivity contribution in [3.05, 3.63) is 74.2 Å². The van der Waals surface area contributed by atoms with Gasteiger partial charge in [-0.05, 0) is 29.3 Å². The van der Waals surface area contributed by atoms with Crippen LogP contribution in [0.3, 0.4) is 0 Å². The summed E-state index contributed by atoms with van der Waals surface area (Å²) in [4.78, 5) is 25.9. The maximum atomic E-state index is 15.1. The molecular formula is C23H18Cl3F4NO2. The Bertz CT molecular complexity index is 1100. The molecule has 10 heteroatoms. The Balaban J connectivity index is 1.85. The highest BCUT2D eigenvalue weighted by atomic mass is 35.5. The summed E-state index contributed by atoms with van der Waals surface area (Å²) in [6, 6.07) is 7.11. The topological polar surface area (TPSA) is 37.4 Å². The summed E-state index contributed by atoms with van der Waals surface area (Å²) in [5.41, 5.74) is -3.26. The van der Waals surface area contributed by atoms with E-state index in [0.29, 0.717) is 6.08 Å². The van der Waals surface area contributed by atoms with Crippen LogP contribution in [0.5, 0.6) is 0 Å². The molecule has 0 N–H and O–H groups in total. The Labute approximate surface area is 202 Å². The first-order valence-corrected chi connectivity index (χ1v) is 10.9. The molecule has 1 saturated heterocycles. The number of hydrogen-bond acceptors (Lipinski definition) is 2. The molecule has 0 radical (unpaired) electrons. The van der Waals surface area contributed by atoms with Crippen molar-refractivity contribution >= 4 is 52.1 Å². The molecule has 0 aliphatic carbocycles. The number of hydrogen-bond donors (Lipinski definition) is 0. The first kappa shape index (κ1) is 25.5. The average molecular weight is 523 g/mol. The molecule has 176 valence electrons. The zero-order chi connectivity index (χ0) is 24.7. The fraction of sp³-hybridized carbons (Fsp3) is 0.304. The molecule has 0 atom stereocenters. The molecule has 1 aliphatic heterocycles. The van der Waals surface area contributed by atoms with Crippen LogP contribution in [0, 0.1) is 5.92 Å². The van der Waals surface area contributed by atoms with Gasteiger partial charge in [0.2, 0.25) is 5.91 Å². The third-order valence-electron chi connectivity index (χ3n) is 5.25. The van der Waals surface area contributed by atoms with Crippen molar-refractivity contribution in [2.45, 2.75) is 25.7 Å². The molecule has 1 fully saturated rings. The van der Waals surface area contributed by atoms with Gasteiger partial charge >= 0.3 is 6.18 Å². The van der Waals surface area contributed by atoms with Gasteiger partial charge in [-0.3, -0.25) is 9.59 Å². The van der Waals surface area contributed by atoms with E-state index >= 15 is 4.39 Å². The molecule has 0 unspecified atom stereocenters. The van der Waals surface area contributed by atoms with E-state index in [1.807, 2.05) is 0 Å². The molecule has 0 bridgehead atoms. The number of rotatable bonds is 5. The Morgan fingerprint density at radius 2 is 1.52 bits per heavy atom. The number of amides is 1. The predicted octanol–water partition coefficient (Wildman–Crippen LogP) is 7.14. The van der Waals surface area contributed by atoms with Gasteiger partial charge in [-0.1, -0.05) is 72.9 Å². The number of carbonyl (C=O) groups excluding carboxylic acids is 2. The van der Waals surface area contributed by atoms with Crippen LogP contribution in [0.1, 0.15) is 35.3 Å². The third-order valence-corrected chi connectivity index (χ3v) is 6.45. The zero-order valence-corrected chi connectivity index (χ0v) is 19.7. The fourth-order valence-corrected chi connectivity index (χ4v) is 4.05. The molecule has 1 amide bonds. The van der Waals surface area contributed by atoms with Gasteiger partial charge in [0.25, 0.3) is 0 Å². The summed E-state index contributed by atoms with van der Waals surface area (Å²) in [5, 5.41) is -0.481. The van der Waals surface area contributed by atoms with Crippen molar-refractivity contribution in [3.63, 3.8) is 0 Å². The van der Waals surface area contributed by atoms with Crippen molar-refractivity contribution in [1.29, 1.82) is 0 Å². The van der Waals surface area contributed by atoms with E-state index in [-0.39, 0.29) is 51.1 Å². The normalized spacial score (nSPS) is 16.1. The zero-order valence-electron chi connectivity index (χ0n) is 17.4. The van der Waals surface area contributed by atoms with Gasteiger partial charge in [-0.2, -0.15) is 13.2 Å². The average Bonchev–Trinajstić information content (AvgIpc) is 2.71. The van der Waals surface area contributed by atoms with Crippen LogP contribution in [0.25, 0.3) is 5.57 Å². The van der Waals surface area contributed by atoms with Crippen molar-refractivity contribution < 1.29 is 27.2 Å². The summed E-state index contributed by atoms with van der Waals surface area (Å²) in [5.74, 6) is -1.36. The number of halogens is 7. The Morgan fingerprint density at radius 3 is 1.97 bits per heavy atom. The van der Waals surface area contributed by atoms with Crippen molar-refractivity contribution in [3.8, 4) is 0 Å². The predicted molar refractivity (Wildman–Crippen MR) is 120 cm³/mol. The largest absolute Gasteiger partial charge is 0.417 e. The minimum Gasteiger partial charge on any atom is -0.335 e. The summed E-state index contributed by atoms with van der Waals surface area (Å²) >= 11 is 17.5. The van der Waals surface area contributed by atoms with Gasteiger partial charge in [0, 0.05) is 11.5 Å². The maximum absolute atomic E-state index is 15.1. The molecule has 1 aliphatic rings. The monoisotopic (exact) mass is 521 g/mol. The molecule has 0 aromatic heterocycles. The van der Waals surface area contributed by atoms with E-state index in [1.165, 1.54) is 29.2 Å². The summed E-state index contributed by atoms with van der Waals surface area (Å²) in [6.07, 6.45) is -4.44. The molecule has 2 aromatic carbocycles. The molecular weight excluding hydrogens is 505 g/mol. The molecule has 1 heterocycles. The minimum atomic E-state index is -4.88. The first-order chi connectivity index (χ1) is 15.2. The van der Waals surface area contributed by atoms with Gasteiger partial charge in [-0.25, -0.2) is 4.39 Å². The number of allylic oxidation sites excluding steroid dienone is 2. The smallest absolute Gasteiger partial charge is 0.335 e. The van der Waals surface area contributed by atoms with E-state index in [1.54, 1.807) is 13.8 Å². The number of benzene rings is 2. The Kier molecular flexibility index (Phi) is 7.18. The molecule has 0 spiro atoms. The van der Waals surface area contributed by atoms with Crippen molar-refractivity contribution in [1.82, 2.24) is 4.90 Å². The van der Waals surface area contributed by atoms with Gasteiger partial charge < -0.3 is 4.90 Å². The van der Waals surface area contributed by atoms with Gasteiger partial charge in [0.05, 0.1) is 33.7 Å². The Morgan fingerprint density at radius 1 is 1.00 bits per heavy atom. The second-order valence-electron chi connectivity index (χ2n) is 8.07. The summed E-state index contributed by atoms with van der Waals surface area (Å²) < 4.78 is 56.0. The number of carbonyl (C=O) groups is 2. The van der Waals surface area contributed by atoms with Gasteiger partial charge in [0.1, 0.15) is 0 Å². The van der Waals surface area contributed by atoms with Crippen molar-refractivity contribution in [2.24, 2.45) is 5.92 Å². The number of nitrogens with zero attached hydrogens (tertiary/aromatic N) is 1. The van der Waals surface area contributed by atoms with E-state index < -0.39 is 28.8 Å². The van der Waals surface area contributed by atoms with Crippen LogP contribution in [0.2, 0.25) is 15.1 Å². The molecule has 33 heavy (non-hydrogen) atoms. The second-order valence-corrected chi connectivity index (χ2v) is 9.26. The molecule has 3 nitrogen and oxygen atoms in total. The number of ketones is 1. The quantitative estimate of drug-likeness (QED) is 0.181. The highest BCUT2D eigenvalue weighted by molar-refractivity contribution is 6.48. The number of likely N-dealkylation sites (tertiary alicyclic amines) is 1. The summed E-state index contributed by atoms with van der Waals surface area (Å²) in [7, 11) is 0. The fourth-order valence-electron chi connectivity index (χ4n) is 3.45. The lowest BCUT2D eigenvalue weighted by Crippen LogP contribution is -2.59. The third kappa shape index (κ3) is 5.36. The van der Waals surface area contributed by atoms with Gasteiger partial charge in [-0.15, -0.1) is 0 Å². The van der Waals surface area contributed by atoms with E-state index in [4.69, 9.17) is 34.8 Å². The molecule has 0 saturated carbocycles. The lowest BCUT2D eigenvalue weighted by molar-refractivity contribution is -0.149. The first-order valence-electron chi connectivity index (χ1n) is 9.79. The van der Waals surface area contributed by atoms with Crippen LogP contribution in [0.15, 0.2) is 42.5 Å². The SMILES string of the molecule is CC(C)C(=O)N1CC(F)(c2ccc(C(=O)/C=C(/c3cc(Cl)c(Cl)c(Cl)c3)C(F)(F)F)cc2)C1.